The largest absolute Gasteiger partial charge is 0.353 e. The highest BCUT2D eigenvalue weighted by molar-refractivity contribution is 5.76. The molecule has 0 spiro atoms. The fourth-order valence-electron chi connectivity index (χ4n) is 1.74. The van der Waals surface area contributed by atoms with Crippen molar-refractivity contribution in [1.82, 2.24) is 10.6 Å². The van der Waals surface area contributed by atoms with Gasteiger partial charge in [0, 0.05) is 12.5 Å². The topological polar surface area (TPSA) is 41.1 Å². The lowest BCUT2D eigenvalue weighted by Gasteiger charge is -2.05. The van der Waals surface area contributed by atoms with Crippen LogP contribution >= 0.6 is 0 Å². The van der Waals surface area contributed by atoms with Crippen LogP contribution in [-0.2, 0) is 4.79 Å². The molecule has 1 amide bonds. The fourth-order valence-corrected chi connectivity index (χ4v) is 1.74. The van der Waals surface area contributed by atoms with E-state index in [4.69, 9.17) is 0 Å². The van der Waals surface area contributed by atoms with Gasteiger partial charge in [0.15, 0.2) is 0 Å². The van der Waals surface area contributed by atoms with Crippen molar-refractivity contribution in [3.8, 4) is 0 Å². The zero-order valence-corrected chi connectivity index (χ0v) is 10.8. The summed E-state index contributed by atoms with van der Waals surface area (Å²) >= 11 is 0. The van der Waals surface area contributed by atoms with E-state index >= 15 is 0 Å². The Morgan fingerprint density at radius 2 is 1.94 bits per heavy atom. The number of amides is 1. The van der Waals surface area contributed by atoms with E-state index < -0.39 is 0 Å². The molecule has 0 saturated heterocycles. The van der Waals surface area contributed by atoms with Gasteiger partial charge in [-0.25, -0.2) is 0 Å². The van der Waals surface area contributed by atoms with Gasteiger partial charge in [-0.15, -0.1) is 6.58 Å². The monoisotopic (exact) mass is 238 g/mol. The molecular weight excluding hydrogens is 212 g/mol. The molecule has 1 saturated carbocycles. The van der Waals surface area contributed by atoms with E-state index in [1.165, 1.54) is 32.1 Å². The molecule has 0 bridgehead atoms. The fraction of sp³-hybridized carbons (Fsp3) is 0.786. The number of allylic oxidation sites excluding steroid dienone is 1. The van der Waals surface area contributed by atoms with Crippen molar-refractivity contribution in [1.29, 1.82) is 0 Å². The maximum absolute atomic E-state index is 11.4. The molecule has 17 heavy (non-hydrogen) atoms. The number of carbonyl (C=O) groups excluding carboxylic acids is 1. The Morgan fingerprint density at radius 3 is 2.65 bits per heavy atom. The van der Waals surface area contributed by atoms with Crippen LogP contribution in [0.5, 0.6) is 0 Å². The highest BCUT2D eigenvalue weighted by atomic mass is 16.1. The van der Waals surface area contributed by atoms with Gasteiger partial charge in [0.05, 0.1) is 0 Å². The average Bonchev–Trinajstić information content (AvgIpc) is 3.11. The van der Waals surface area contributed by atoms with Gasteiger partial charge in [-0.05, 0) is 51.6 Å². The van der Waals surface area contributed by atoms with Crippen molar-refractivity contribution >= 4 is 5.91 Å². The first kappa shape index (κ1) is 14.2. The van der Waals surface area contributed by atoms with E-state index in [0.717, 1.165) is 25.9 Å². The molecule has 0 radical (unpaired) electrons. The highest BCUT2D eigenvalue weighted by Gasteiger charge is 2.22. The summed E-state index contributed by atoms with van der Waals surface area (Å²) in [5, 5.41) is 6.38. The molecule has 0 unspecified atom stereocenters. The first-order valence-electron chi connectivity index (χ1n) is 6.94. The molecule has 0 heterocycles. The van der Waals surface area contributed by atoms with E-state index in [0.29, 0.717) is 12.5 Å². The van der Waals surface area contributed by atoms with Gasteiger partial charge in [-0.2, -0.15) is 0 Å². The summed E-state index contributed by atoms with van der Waals surface area (Å²) in [6.45, 7) is 5.74. The maximum atomic E-state index is 11.4. The van der Waals surface area contributed by atoms with Gasteiger partial charge in [0.25, 0.3) is 0 Å². The first-order chi connectivity index (χ1) is 8.33. The van der Waals surface area contributed by atoms with Crippen LogP contribution in [-0.4, -0.2) is 25.0 Å². The van der Waals surface area contributed by atoms with Crippen LogP contribution in [0.1, 0.15) is 51.4 Å². The molecule has 0 aromatic rings. The minimum absolute atomic E-state index is 0.222. The molecule has 1 aliphatic rings. The first-order valence-corrected chi connectivity index (χ1v) is 6.94. The van der Waals surface area contributed by atoms with Crippen LogP contribution in [0.2, 0.25) is 0 Å². The van der Waals surface area contributed by atoms with Gasteiger partial charge in [0.1, 0.15) is 0 Å². The van der Waals surface area contributed by atoms with Crippen molar-refractivity contribution in [3.63, 3.8) is 0 Å². The predicted molar refractivity (Wildman–Crippen MR) is 71.9 cm³/mol. The van der Waals surface area contributed by atoms with Crippen LogP contribution < -0.4 is 10.6 Å². The molecule has 0 atom stereocenters. The number of hydrogen-bond donors (Lipinski definition) is 2. The zero-order valence-electron chi connectivity index (χ0n) is 10.8. The molecule has 98 valence electrons. The molecule has 3 nitrogen and oxygen atoms in total. The van der Waals surface area contributed by atoms with Crippen molar-refractivity contribution in [2.24, 2.45) is 0 Å². The molecule has 0 aliphatic heterocycles. The number of rotatable bonds is 11. The normalized spacial score (nSPS) is 14.6. The van der Waals surface area contributed by atoms with Crippen molar-refractivity contribution in [3.05, 3.63) is 12.7 Å². The Morgan fingerprint density at radius 1 is 1.18 bits per heavy atom. The summed E-state index contributed by atoms with van der Waals surface area (Å²) < 4.78 is 0. The Labute approximate surface area is 105 Å². The third-order valence-electron chi connectivity index (χ3n) is 2.96. The van der Waals surface area contributed by atoms with Gasteiger partial charge in [0.2, 0.25) is 5.91 Å². The molecule has 1 rings (SSSR count). The third-order valence-corrected chi connectivity index (χ3v) is 2.96. The van der Waals surface area contributed by atoms with Crippen LogP contribution in [0.3, 0.4) is 0 Å². The summed E-state index contributed by atoms with van der Waals surface area (Å²) in [6.07, 6.45) is 10.8. The van der Waals surface area contributed by atoms with Gasteiger partial charge in [-0.3, -0.25) is 4.79 Å². The zero-order chi connectivity index (χ0) is 12.3. The maximum Gasteiger partial charge on any atom is 0.220 e. The smallest absolute Gasteiger partial charge is 0.220 e. The van der Waals surface area contributed by atoms with E-state index in [9.17, 15) is 4.79 Å². The molecule has 0 aromatic carbocycles. The summed E-state index contributed by atoms with van der Waals surface area (Å²) in [5.41, 5.74) is 0. The number of nitrogens with one attached hydrogen (secondary N) is 2. The lowest BCUT2D eigenvalue weighted by Crippen LogP contribution is -2.26. The summed E-state index contributed by atoms with van der Waals surface area (Å²) in [4.78, 5) is 11.4. The highest BCUT2D eigenvalue weighted by Crippen LogP contribution is 2.18. The van der Waals surface area contributed by atoms with E-state index in [-0.39, 0.29) is 5.91 Å². The lowest BCUT2D eigenvalue weighted by molar-refractivity contribution is -0.121. The minimum atomic E-state index is 0.222. The van der Waals surface area contributed by atoms with Crippen LogP contribution in [0, 0.1) is 0 Å². The molecule has 3 heteroatoms. The molecular formula is C14H26N2O. The Balaban J connectivity index is 1.74. The number of unbranched alkanes of at least 4 members (excludes halogenated alkanes) is 3. The summed E-state index contributed by atoms with van der Waals surface area (Å²) in [5.74, 6) is 0.222. The van der Waals surface area contributed by atoms with Crippen LogP contribution in [0.4, 0.5) is 0 Å². The van der Waals surface area contributed by atoms with Crippen LogP contribution in [0.15, 0.2) is 12.7 Å². The molecule has 1 aliphatic carbocycles. The van der Waals surface area contributed by atoms with Crippen molar-refractivity contribution in [2.45, 2.75) is 57.4 Å². The molecule has 0 aromatic heterocycles. The van der Waals surface area contributed by atoms with E-state index in [2.05, 4.69) is 17.2 Å². The van der Waals surface area contributed by atoms with Gasteiger partial charge < -0.3 is 10.6 Å². The van der Waals surface area contributed by atoms with Crippen molar-refractivity contribution in [2.75, 3.05) is 13.1 Å². The minimum Gasteiger partial charge on any atom is -0.353 e. The Kier molecular flexibility index (Phi) is 7.72. The Hall–Kier alpha value is -0.830. The lowest BCUT2D eigenvalue weighted by atomic mass is 10.2. The number of hydrogen-bond acceptors (Lipinski definition) is 2. The second-order valence-electron chi connectivity index (χ2n) is 4.83. The molecule has 1 fully saturated rings. The van der Waals surface area contributed by atoms with Crippen LogP contribution in [0.25, 0.3) is 0 Å². The second-order valence-corrected chi connectivity index (χ2v) is 4.83. The molecule has 2 N–H and O–H groups in total. The predicted octanol–water partition coefficient (Wildman–Crippen LogP) is 2.38. The SMILES string of the molecule is C=CCCCCCNCCCC(=O)NC1CC1. The Bertz CT molecular complexity index is 224. The summed E-state index contributed by atoms with van der Waals surface area (Å²) in [7, 11) is 0. The standard InChI is InChI=1S/C14H26N2O/c1-2-3-4-5-6-11-15-12-7-8-14(17)16-13-9-10-13/h2,13,15H,1,3-12H2,(H,16,17). The third kappa shape index (κ3) is 8.93. The van der Waals surface area contributed by atoms with E-state index in [1.807, 2.05) is 6.08 Å². The van der Waals surface area contributed by atoms with Crippen molar-refractivity contribution < 1.29 is 4.79 Å². The number of carbonyl (C=O) groups is 1. The average molecular weight is 238 g/mol. The second kappa shape index (κ2) is 9.23. The quantitative estimate of drug-likeness (QED) is 0.428. The van der Waals surface area contributed by atoms with Gasteiger partial charge in [-0.1, -0.05) is 12.5 Å². The summed E-state index contributed by atoms with van der Waals surface area (Å²) in [6, 6.07) is 0.500. The van der Waals surface area contributed by atoms with Gasteiger partial charge >= 0.3 is 0 Å². The van der Waals surface area contributed by atoms with E-state index in [1.54, 1.807) is 0 Å².